The van der Waals surface area contributed by atoms with Crippen LogP contribution in [0.4, 0.5) is 8.78 Å². The predicted molar refractivity (Wildman–Crippen MR) is 113 cm³/mol. The van der Waals surface area contributed by atoms with E-state index in [9.17, 15) is 24.6 Å². The number of fused-ring (bicyclic) bond motifs is 1. The average molecular weight is 427 g/mol. The molecule has 1 aliphatic heterocycles. The van der Waals surface area contributed by atoms with Crippen LogP contribution in [-0.4, -0.2) is 18.0 Å². The van der Waals surface area contributed by atoms with Crippen molar-refractivity contribution >= 4 is 0 Å². The van der Waals surface area contributed by atoms with Crippen molar-refractivity contribution in [2.45, 2.75) is 12.5 Å². The summed E-state index contributed by atoms with van der Waals surface area (Å²) >= 11 is 0. The van der Waals surface area contributed by atoms with Crippen LogP contribution < -0.4 is 5.73 Å². The summed E-state index contributed by atoms with van der Waals surface area (Å²) < 4.78 is 28.6. The fourth-order valence-corrected chi connectivity index (χ4v) is 4.81. The van der Waals surface area contributed by atoms with E-state index < -0.39 is 28.9 Å². The zero-order chi connectivity index (χ0) is 22.9. The van der Waals surface area contributed by atoms with Crippen molar-refractivity contribution in [3.8, 4) is 18.2 Å². The first kappa shape index (κ1) is 21.2. The molecule has 0 saturated carbocycles. The first-order chi connectivity index (χ1) is 15.4. The lowest BCUT2D eigenvalue weighted by Crippen LogP contribution is -2.48. The van der Waals surface area contributed by atoms with E-state index in [4.69, 9.17) is 5.73 Å². The zero-order valence-electron chi connectivity index (χ0n) is 17.1. The molecule has 0 unspecified atom stereocenters. The highest BCUT2D eigenvalue weighted by molar-refractivity contribution is 5.59. The van der Waals surface area contributed by atoms with Gasteiger partial charge in [0, 0.05) is 37.5 Å². The molecule has 0 fully saturated rings. The minimum Gasteiger partial charge on any atom is -0.399 e. The normalized spacial score (nSPS) is 22.2. The molecule has 2 aromatic rings. The van der Waals surface area contributed by atoms with Gasteiger partial charge in [-0.05, 0) is 22.8 Å². The summed E-state index contributed by atoms with van der Waals surface area (Å²) in [5, 5.41) is 29.9. The predicted octanol–water partition coefficient (Wildman–Crippen LogP) is 3.89. The minimum atomic E-state index is -1.96. The fourth-order valence-electron chi connectivity index (χ4n) is 4.81. The number of allylic oxidation sites excluding steroid dienone is 2. The van der Waals surface area contributed by atoms with Crippen molar-refractivity contribution < 1.29 is 8.78 Å². The molecule has 5 nitrogen and oxygen atoms in total. The highest BCUT2D eigenvalue weighted by Gasteiger charge is 2.55. The smallest absolute Gasteiger partial charge is 0.191 e. The Labute approximate surface area is 184 Å². The van der Waals surface area contributed by atoms with Gasteiger partial charge >= 0.3 is 0 Å². The van der Waals surface area contributed by atoms with Gasteiger partial charge in [-0.15, -0.1) is 0 Å². The lowest BCUT2D eigenvalue weighted by atomic mass is 9.58. The standard InChI is InChI=1S/C25H19F2N5/c26-17-6-7-19(22(27)10-17)23-21-13-32(12-16-4-2-1-3-5-16)9-8-18(21)20(11-28)24(31)25(23,14-29)15-30/h1-8,10,21,23H,9,12-13,31H2/t21-,23+/m0/s1. The Kier molecular flexibility index (Phi) is 5.49. The van der Waals surface area contributed by atoms with Gasteiger partial charge in [-0.1, -0.05) is 42.5 Å². The number of rotatable bonds is 3. The zero-order valence-corrected chi connectivity index (χ0v) is 17.1. The number of benzene rings is 2. The molecule has 2 aromatic carbocycles. The van der Waals surface area contributed by atoms with Crippen molar-refractivity contribution in [1.29, 1.82) is 15.8 Å². The third-order valence-electron chi connectivity index (χ3n) is 6.29. The molecule has 0 spiro atoms. The molecule has 2 N–H and O–H groups in total. The molecule has 0 saturated heterocycles. The minimum absolute atomic E-state index is 0.0342. The van der Waals surface area contributed by atoms with Crippen LogP contribution in [0.2, 0.25) is 0 Å². The van der Waals surface area contributed by atoms with Crippen LogP contribution in [-0.2, 0) is 6.54 Å². The highest BCUT2D eigenvalue weighted by Crippen LogP contribution is 2.54. The lowest BCUT2D eigenvalue weighted by Gasteiger charge is -2.45. The van der Waals surface area contributed by atoms with Gasteiger partial charge in [0.25, 0.3) is 0 Å². The first-order valence-corrected chi connectivity index (χ1v) is 10.1. The summed E-state index contributed by atoms with van der Waals surface area (Å²) in [6, 6.07) is 18.9. The van der Waals surface area contributed by atoms with Gasteiger partial charge in [-0.3, -0.25) is 4.90 Å². The van der Waals surface area contributed by atoms with Crippen molar-refractivity contribution in [2.24, 2.45) is 17.1 Å². The van der Waals surface area contributed by atoms with Crippen LogP contribution >= 0.6 is 0 Å². The summed E-state index contributed by atoms with van der Waals surface area (Å²) in [6.45, 7) is 1.52. The Bertz CT molecular complexity index is 1230. The largest absolute Gasteiger partial charge is 0.399 e. The van der Waals surface area contributed by atoms with E-state index in [1.807, 2.05) is 54.6 Å². The van der Waals surface area contributed by atoms with Crippen LogP contribution in [0.25, 0.3) is 0 Å². The number of nitrogens with two attached hydrogens (primary N) is 1. The molecule has 1 aliphatic carbocycles. The van der Waals surface area contributed by atoms with Crippen LogP contribution in [0.3, 0.4) is 0 Å². The second-order valence-electron chi connectivity index (χ2n) is 8.02. The summed E-state index contributed by atoms with van der Waals surface area (Å²) in [6.07, 6.45) is 1.86. The van der Waals surface area contributed by atoms with Gasteiger partial charge in [0.05, 0.1) is 23.4 Å². The third-order valence-corrected chi connectivity index (χ3v) is 6.29. The van der Waals surface area contributed by atoms with Gasteiger partial charge in [-0.2, -0.15) is 15.8 Å². The third kappa shape index (κ3) is 3.32. The molecule has 2 atom stereocenters. The Morgan fingerprint density at radius 3 is 2.41 bits per heavy atom. The molecular formula is C25H19F2N5. The Morgan fingerprint density at radius 1 is 1.06 bits per heavy atom. The number of halogens is 2. The summed E-state index contributed by atoms with van der Waals surface area (Å²) in [4.78, 5) is 2.11. The Morgan fingerprint density at radius 2 is 1.78 bits per heavy atom. The monoisotopic (exact) mass is 427 g/mol. The van der Waals surface area contributed by atoms with Crippen LogP contribution in [0.15, 0.2) is 71.5 Å². The maximum atomic E-state index is 14.9. The van der Waals surface area contributed by atoms with Crippen molar-refractivity contribution in [1.82, 2.24) is 4.90 Å². The molecule has 1 heterocycles. The van der Waals surface area contributed by atoms with Gasteiger partial charge in [0.15, 0.2) is 5.41 Å². The maximum absolute atomic E-state index is 14.9. The molecule has 0 radical (unpaired) electrons. The van der Waals surface area contributed by atoms with Crippen molar-refractivity contribution in [3.63, 3.8) is 0 Å². The molecule has 158 valence electrons. The molecular weight excluding hydrogens is 408 g/mol. The molecule has 4 rings (SSSR count). The topological polar surface area (TPSA) is 101 Å². The molecule has 2 aliphatic rings. The Balaban J connectivity index is 1.88. The van der Waals surface area contributed by atoms with Crippen molar-refractivity contribution in [2.75, 3.05) is 13.1 Å². The van der Waals surface area contributed by atoms with E-state index in [1.165, 1.54) is 6.07 Å². The van der Waals surface area contributed by atoms with Crippen molar-refractivity contribution in [3.05, 3.63) is 94.2 Å². The van der Waals surface area contributed by atoms with Crippen LogP contribution in [0, 0.1) is 57.0 Å². The van der Waals surface area contributed by atoms with E-state index in [2.05, 4.69) is 4.90 Å². The number of hydrogen-bond donors (Lipinski definition) is 1. The second-order valence-corrected chi connectivity index (χ2v) is 8.02. The van der Waals surface area contributed by atoms with Gasteiger partial charge < -0.3 is 5.73 Å². The lowest BCUT2D eigenvalue weighted by molar-refractivity contribution is 0.199. The number of hydrogen-bond acceptors (Lipinski definition) is 5. The molecule has 32 heavy (non-hydrogen) atoms. The van der Waals surface area contributed by atoms with E-state index in [0.29, 0.717) is 25.2 Å². The number of nitrogens with zero attached hydrogens (tertiary/aromatic N) is 4. The van der Waals surface area contributed by atoms with Crippen LogP contribution in [0.5, 0.6) is 0 Å². The first-order valence-electron chi connectivity index (χ1n) is 10.1. The summed E-state index contributed by atoms with van der Waals surface area (Å²) in [5.41, 5.74) is 5.89. The van der Waals surface area contributed by atoms with E-state index in [0.717, 1.165) is 17.7 Å². The summed E-state index contributed by atoms with van der Waals surface area (Å²) in [5.74, 6) is -3.15. The fraction of sp³-hybridized carbons (Fsp3) is 0.240. The van der Waals surface area contributed by atoms with Gasteiger partial charge in [0.1, 0.15) is 17.7 Å². The second kappa shape index (κ2) is 8.27. The molecule has 0 amide bonds. The SMILES string of the molecule is N#CC1=C(N)C(C#N)(C#N)[C@H](c2ccc(F)cc2F)[C@H]2CN(Cc3ccccc3)CC=C12. The average Bonchev–Trinajstić information content (AvgIpc) is 2.80. The summed E-state index contributed by atoms with van der Waals surface area (Å²) in [7, 11) is 0. The maximum Gasteiger partial charge on any atom is 0.191 e. The quantitative estimate of drug-likeness (QED) is 0.801. The molecule has 7 heteroatoms. The Hall–Kier alpha value is -3.99. The highest BCUT2D eigenvalue weighted by atomic mass is 19.1. The van der Waals surface area contributed by atoms with E-state index >= 15 is 0 Å². The molecule has 0 aromatic heterocycles. The molecule has 0 bridgehead atoms. The van der Waals surface area contributed by atoms with E-state index in [-0.39, 0.29) is 16.8 Å². The van der Waals surface area contributed by atoms with E-state index in [1.54, 1.807) is 0 Å². The van der Waals surface area contributed by atoms with Gasteiger partial charge in [-0.25, -0.2) is 8.78 Å². The van der Waals surface area contributed by atoms with Gasteiger partial charge in [0.2, 0.25) is 0 Å². The van der Waals surface area contributed by atoms with Crippen LogP contribution in [0.1, 0.15) is 17.0 Å². The number of nitriles is 3.